The minimum atomic E-state index is 0.408. The van der Waals surface area contributed by atoms with Crippen molar-refractivity contribution in [3.05, 3.63) is 33.1 Å². The maximum Gasteiger partial charge on any atom is 0.120 e. The van der Waals surface area contributed by atoms with Crippen LogP contribution in [0.4, 0.5) is 0 Å². The lowest BCUT2D eigenvalue weighted by molar-refractivity contribution is 0.125. The number of benzene rings is 1. The van der Waals surface area contributed by atoms with Crippen molar-refractivity contribution in [2.75, 3.05) is 32.7 Å². The van der Waals surface area contributed by atoms with Gasteiger partial charge < -0.3 is 10.0 Å². The van der Waals surface area contributed by atoms with E-state index in [2.05, 4.69) is 29.7 Å². The highest BCUT2D eigenvalue weighted by Gasteiger charge is 2.18. The van der Waals surface area contributed by atoms with Crippen LogP contribution in [0.5, 0.6) is 5.75 Å². The highest BCUT2D eigenvalue weighted by Crippen LogP contribution is 2.37. The van der Waals surface area contributed by atoms with Crippen LogP contribution in [0.2, 0.25) is 0 Å². The Kier molecular flexibility index (Phi) is 8.48. The van der Waals surface area contributed by atoms with Crippen LogP contribution in [0.1, 0.15) is 50.7 Å². The third kappa shape index (κ3) is 5.63. The summed E-state index contributed by atoms with van der Waals surface area (Å²) in [6, 6.07) is 6.09. The first-order valence-electron chi connectivity index (χ1n) is 10.5. The lowest BCUT2D eigenvalue weighted by Crippen LogP contribution is -2.46. The van der Waals surface area contributed by atoms with Crippen molar-refractivity contribution < 1.29 is 5.11 Å². The van der Waals surface area contributed by atoms with E-state index in [4.69, 9.17) is 12.2 Å². The number of rotatable bonds is 9. The normalized spacial score (nSPS) is 15.9. The molecule has 0 aliphatic carbocycles. The first-order valence-corrected chi connectivity index (χ1v) is 13.1. The molecule has 0 saturated carbocycles. The fourth-order valence-corrected chi connectivity index (χ4v) is 6.71. The lowest BCUT2D eigenvalue weighted by Gasteiger charge is -2.34. The summed E-state index contributed by atoms with van der Waals surface area (Å²) in [7, 11) is 3.49. The molecule has 1 N–H and O–H groups in total. The molecule has 0 radical (unpaired) electrons. The minimum absolute atomic E-state index is 0.408. The van der Waals surface area contributed by atoms with Gasteiger partial charge >= 0.3 is 0 Å². The third-order valence-electron chi connectivity index (χ3n) is 5.53. The van der Waals surface area contributed by atoms with Gasteiger partial charge in [-0.15, -0.1) is 0 Å². The van der Waals surface area contributed by atoms with Crippen LogP contribution in [0.25, 0.3) is 10.4 Å². The highest BCUT2D eigenvalue weighted by molar-refractivity contribution is 7.80. The van der Waals surface area contributed by atoms with Crippen molar-refractivity contribution in [3.8, 4) is 16.2 Å². The van der Waals surface area contributed by atoms with Crippen molar-refractivity contribution in [3.63, 3.8) is 0 Å². The van der Waals surface area contributed by atoms with Gasteiger partial charge in [-0.25, -0.2) is 0 Å². The zero-order chi connectivity index (χ0) is 19.9. The van der Waals surface area contributed by atoms with E-state index in [0.717, 1.165) is 48.5 Å². The molecule has 0 bridgehead atoms. The van der Waals surface area contributed by atoms with Gasteiger partial charge in [0.25, 0.3) is 0 Å². The summed E-state index contributed by atoms with van der Waals surface area (Å²) < 4.78 is 1.03. The molecule has 1 saturated heterocycles. The Bertz CT molecular complexity index is 806. The van der Waals surface area contributed by atoms with E-state index in [0.29, 0.717) is 5.75 Å². The molecular weight excluding hydrogens is 404 g/mol. The summed E-state index contributed by atoms with van der Waals surface area (Å²) in [5, 5.41) is 10.4. The average molecular weight is 437 g/mol. The number of hydrogen-bond acceptors (Lipinski definition) is 6. The molecule has 6 heteroatoms. The van der Waals surface area contributed by atoms with Crippen molar-refractivity contribution in [2.24, 2.45) is 0 Å². The largest absolute Gasteiger partial charge is 0.508 e. The Hall–Kier alpha value is -0.790. The molecule has 28 heavy (non-hydrogen) atoms. The Morgan fingerprint density at radius 3 is 2.43 bits per heavy atom. The summed E-state index contributed by atoms with van der Waals surface area (Å²) in [5.74, 6) is 0.408. The third-order valence-corrected chi connectivity index (χ3v) is 8.72. The van der Waals surface area contributed by atoms with Gasteiger partial charge in [0.2, 0.25) is 0 Å². The summed E-state index contributed by atoms with van der Waals surface area (Å²) >= 11 is 5.58. The average Bonchev–Trinajstić information content (AvgIpc) is 3.08. The number of unbranched alkanes of at least 4 members (excludes halogenated alkanes) is 2. The first kappa shape index (κ1) is 21.9. The fraction of sp³-hybridized carbons (Fsp3) is 0.591. The van der Waals surface area contributed by atoms with Gasteiger partial charge in [0.1, 0.15) is 9.57 Å². The maximum atomic E-state index is 10.4. The Labute approximate surface area is 182 Å². The van der Waals surface area contributed by atoms with Gasteiger partial charge in [0.05, 0.1) is 4.88 Å². The Balaban J connectivity index is 1.70. The van der Waals surface area contributed by atoms with E-state index >= 15 is 0 Å². The first-order chi connectivity index (χ1) is 13.6. The van der Waals surface area contributed by atoms with E-state index in [-0.39, 0.29) is 0 Å². The molecule has 1 aromatic heterocycles. The van der Waals surface area contributed by atoms with Gasteiger partial charge in [0, 0.05) is 38.3 Å². The second-order valence-corrected chi connectivity index (χ2v) is 10.5. The van der Waals surface area contributed by atoms with Gasteiger partial charge in [0.15, 0.2) is 0 Å². The van der Waals surface area contributed by atoms with Crippen molar-refractivity contribution >= 4 is 32.9 Å². The summed E-state index contributed by atoms with van der Waals surface area (Å²) in [6.45, 7) is 10.9. The zero-order valence-electron chi connectivity index (χ0n) is 17.1. The molecule has 1 aliphatic heterocycles. The number of piperazine rings is 1. The Morgan fingerprint density at radius 2 is 1.71 bits per heavy atom. The van der Waals surface area contributed by atoms with E-state index < -0.39 is 0 Å². The lowest BCUT2D eigenvalue weighted by atomic mass is 10.0. The smallest absolute Gasteiger partial charge is 0.120 e. The maximum absolute atomic E-state index is 10.4. The molecule has 0 amide bonds. The van der Waals surface area contributed by atoms with Crippen LogP contribution in [-0.4, -0.2) is 47.6 Å². The number of phenols is 1. The second-order valence-electron chi connectivity index (χ2n) is 7.68. The Morgan fingerprint density at radius 1 is 1.00 bits per heavy atom. The quantitative estimate of drug-likeness (QED) is 0.375. The van der Waals surface area contributed by atoms with E-state index in [1.807, 2.05) is 12.1 Å². The molecule has 0 atom stereocenters. The summed E-state index contributed by atoms with van der Waals surface area (Å²) in [6.07, 6.45) is 5.96. The molecule has 0 unspecified atom stereocenters. The molecular formula is C22H32N2OS3. The predicted octanol–water partition coefficient (Wildman–Crippen LogP) is 6.17. The van der Waals surface area contributed by atoms with Gasteiger partial charge in [-0.05, 0) is 55.1 Å². The number of hydrogen-bond donors (Lipinski definition) is 1. The highest BCUT2D eigenvalue weighted by atomic mass is 32.9. The zero-order valence-corrected chi connectivity index (χ0v) is 19.5. The molecule has 1 fully saturated rings. The molecule has 3 rings (SSSR count). The van der Waals surface area contributed by atoms with Crippen molar-refractivity contribution in [2.45, 2.75) is 52.5 Å². The molecule has 0 spiro atoms. The number of phenolic OH excluding ortho intramolecular Hbond substituents is 1. The topological polar surface area (TPSA) is 26.7 Å². The number of aromatic hydroxyl groups is 1. The minimum Gasteiger partial charge on any atom is -0.508 e. The predicted molar refractivity (Wildman–Crippen MR) is 125 cm³/mol. The standard InChI is InChI=1S/C22H32N2OS3/c1-3-5-7-19-21(27-28-22(19)26)17-8-9-20(25)18(15-17)16-24-13-11-23(12-14-24)10-6-4-2/h8-9,15,25H,3-7,10-14,16H2,1-2H3. The summed E-state index contributed by atoms with van der Waals surface area (Å²) in [5.41, 5.74) is 3.57. The van der Waals surface area contributed by atoms with Gasteiger partial charge in [-0.1, -0.05) is 59.6 Å². The monoisotopic (exact) mass is 436 g/mol. The van der Waals surface area contributed by atoms with E-state index in [9.17, 15) is 5.11 Å². The SMILES string of the molecule is CCCCc1c(-c2ccc(O)c(CN3CCN(CCCC)CC3)c2)ssc1=S. The van der Waals surface area contributed by atoms with Crippen LogP contribution in [0.3, 0.4) is 0 Å². The molecule has 3 nitrogen and oxygen atoms in total. The molecule has 154 valence electrons. The fourth-order valence-electron chi connectivity index (χ4n) is 3.71. The van der Waals surface area contributed by atoms with Gasteiger partial charge in [-0.3, -0.25) is 4.90 Å². The van der Waals surface area contributed by atoms with Crippen molar-refractivity contribution in [1.82, 2.24) is 9.80 Å². The molecule has 1 aromatic carbocycles. The van der Waals surface area contributed by atoms with Crippen LogP contribution >= 0.6 is 32.9 Å². The number of nitrogens with zero attached hydrogens (tertiary/aromatic N) is 2. The molecule has 2 aromatic rings. The van der Waals surface area contributed by atoms with E-state index in [1.54, 1.807) is 20.7 Å². The van der Waals surface area contributed by atoms with Crippen LogP contribution < -0.4 is 0 Å². The van der Waals surface area contributed by atoms with Crippen LogP contribution in [0.15, 0.2) is 18.2 Å². The second kappa shape index (κ2) is 10.8. The van der Waals surface area contributed by atoms with Gasteiger partial charge in [-0.2, -0.15) is 0 Å². The van der Waals surface area contributed by atoms with E-state index in [1.165, 1.54) is 48.2 Å². The molecule has 2 heterocycles. The van der Waals surface area contributed by atoms with Crippen molar-refractivity contribution in [1.29, 1.82) is 0 Å². The van der Waals surface area contributed by atoms with Crippen LogP contribution in [0, 0.1) is 3.82 Å². The summed E-state index contributed by atoms with van der Waals surface area (Å²) in [4.78, 5) is 6.33. The molecule has 1 aliphatic rings. The van der Waals surface area contributed by atoms with Crippen LogP contribution in [-0.2, 0) is 13.0 Å².